The molecule has 0 unspecified atom stereocenters. The minimum Gasteiger partial charge on any atom is -0.303 e. The van der Waals surface area contributed by atoms with Crippen molar-refractivity contribution in [1.29, 1.82) is 0 Å². The van der Waals surface area contributed by atoms with Gasteiger partial charge >= 0.3 is 0 Å². The molecule has 4 heteroatoms. The van der Waals surface area contributed by atoms with Crippen LogP contribution < -0.4 is 0 Å². The highest BCUT2D eigenvalue weighted by molar-refractivity contribution is 6.08. The molecule has 0 aliphatic rings. The van der Waals surface area contributed by atoms with E-state index in [-0.39, 0.29) is 11.8 Å². The molecule has 2 aromatic rings. The summed E-state index contributed by atoms with van der Waals surface area (Å²) in [7, 11) is 7.86. The molecule has 2 rings (SSSR count). The molecule has 0 aliphatic carbocycles. The highest BCUT2D eigenvalue weighted by Gasteiger charge is 2.25. The van der Waals surface area contributed by atoms with Crippen LogP contribution in [0.4, 0.5) is 0 Å². The van der Waals surface area contributed by atoms with Crippen molar-refractivity contribution in [1.82, 2.24) is 10.0 Å². The van der Waals surface area contributed by atoms with Crippen molar-refractivity contribution < 1.29 is 0 Å². The molecule has 138 valence electrons. The van der Waals surface area contributed by atoms with Crippen LogP contribution in [0.25, 0.3) is 0 Å². The van der Waals surface area contributed by atoms with E-state index < -0.39 is 0 Å². The summed E-state index contributed by atoms with van der Waals surface area (Å²) in [5, 5.41) is 13.4. The van der Waals surface area contributed by atoms with E-state index in [1.165, 1.54) is 0 Å². The predicted molar refractivity (Wildman–Crippen MR) is 112 cm³/mol. The molecule has 0 bridgehead atoms. The van der Waals surface area contributed by atoms with Crippen LogP contribution in [0.1, 0.15) is 25.0 Å². The van der Waals surface area contributed by atoms with Gasteiger partial charge in [0.2, 0.25) is 0 Å². The summed E-state index contributed by atoms with van der Waals surface area (Å²) < 4.78 is 0. The summed E-state index contributed by atoms with van der Waals surface area (Å²) in [6, 6.07) is 20.8. The van der Waals surface area contributed by atoms with Crippen molar-refractivity contribution in [3.8, 4) is 0 Å². The van der Waals surface area contributed by atoms with Crippen LogP contribution in [0.5, 0.6) is 0 Å². The molecule has 0 aromatic heterocycles. The third kappa shape index (κ3) is 5.19. The average Bonchev–Trinajstić information content (AvgIpc) is 2.64. The first-order chi connectivity index (χ1) is 12.4. The molecule has 0 N–H and O–H groups in total. The largest absolute Gasteiger partial charge is 0.303 e. The van der Waals surface area contributed by atoms with Crippen molar-refractivity contribution in [3.63, 3.8) is 0 Å². The first-order valence-electron chi connectivity index (χ1n) is 9.02. The van der Waals surface area contributed by atoms with Gasteiger partial charge in [0, 0.05) is 40.0 Å². The Morgan fingerprint density at radius 3 is 1.19 bits per heavy atom. The van der Waals surface area contributed by atoms with Gasteiger partial charge in [-0.15, -0.1) is 0 Å². The second-order valence-corrected chi connectivity index (χ2v) is 6.97. The molecule has 2 atom stereocenters. The van der Waals surface area contributed by atoms with Gasteiger partial charge in [-0.3, -0.25) is 0 Å². The van der Waals surface area contributed by atoms with E-state index in [1.54, 1.807) is 0 Å². The van der Waals surface area contributed by atoms with Gasteiger partial charge in [0.05, 0.1) is 11.4 Å². The van der Waals surface area contributed by atoms with E-state index in [0.717, 1.165) is 22.6 Å². The van der Waals surface area contributed by atoms with Gasteiger partial charge in [-0.25, -0.2) is 0 Å². The summed E-state index contributed by atoms with van der Waals surface area (Å²) >= 11 is 0. The van der Waals surface area contributed by atoms with E-state index in [9.17, 15) is 0 Å². The Morgan fingerprint density at radius 2 is 0.923 bits per heavy atom. The van der Waals surface area contributed by atoms with Crippen LogP contribution in [0.2, 0.25) is 0 Å². The zero-order chi connectivity index (χ0) is 19.1. The fraction of sp³-hybridized carbons (Fsp3) is 0.364. The average molecular weight is 351 g/mol. The Labute approximate surface area is 157 Å². The Balaban J connectivity index is 2.44. The molecular weight excluding hydrogens is 320 g/mol. The van der Waals surface area contributed by atoms with Crippen LogP contribution in [-0.4, -0.2) is 49.6 Å². The molecule has 4 nitrogen and oxygen atoms in total. The SMILES string of the molecule is C[C@H](/C(=N\N(C)C)c1ccccc1)[C@@H](C)/C(=N/N(C)C)c1ccccc1. The van der Waals surface area contributed by atoms with E-state index in [2.05, 4.69) is 62.4 Å². The van der Waals surface area contributed by atoms with Crippen molar-refractivity contribution in [3.05, 3.63) is 71.8 Å². The summed E-state index contributed by atoms with van der Waals surface area (Å²) in [5.41, 5.74) is 4.45. The zero-order valence-electron chi connectivity index (χ0n) is 16.7. The lowest BCUT2D eigenvalue weighted by molar-refractivity contribution is 0.423. The number of benzene rings is 2. The van der Waals surface area contributed by atoms with Crippen LogP contribution in [0.3, 0.4) is 0 Å². The van der Waals surface area contributed by atoms with E-state index in [1.807, 2.05) is 50.3 Å². The standard InChI is InChI=1S/C22H30N4/c1-17(21(23-25(3)4)19-13-9-7-10-14-19)18(2)22(24-26(5)6)20-15-11-8-12-16-20/h7-18H,1-6H3/b23-21-,24-22+/t17-,18+/m1/s1. The molecule has 0 spiro atoms. The van der Waals surface area contributed by atoms with Gasteiger partial charge in [0.1, 0.15) is 0 Å². The molecule has 2 aromatic carbocycles. The highest BCUT2D eigenvalue weighted by atomic mass is 15.4. The lowest BCUT2D eigenvalue weighted by atomic mass is 9.82. The first kappa shape index (κ1) is 19.7. The number of hydrazone groups is 2. The Kier molecular flexibility index (Phi) is 6.96. The second-order valence-electron chi connectivity index (χ2n) is 6.97. The summed E-state index contributed by atoms with van der Waals surface area (Å²) in [6.07, 6.45) is 0. The maximum absolute atomic E-state index is 4.80. The third-order valence-electron chi connectivity index (χ3n) is 4.37. The van der Waals surface area contributed by atoms with Crippen LogP contribution >= 0.6 is 0 Å². The molecule has 0 aliphatic heterocycles. The molecule has 26 heavy (non-hydrogen) atoms. The molecule has 0 radical (unpaired) electrons. The van der Waals surface area contributed by atoms with Crippen LogP contribution in [0.15, 0.2) is 70.9 Å². The van der Waals surface area contributed by atoms with Crippen LogP contribution in [-0.2, 0) is 0 Å². The van der Waals surface area contributed by atoms with Gasteiger partial charge in [-0.05, 0) is 11.1 Å². The van der Waals surface area contributed by atoms with Gasteiger partial charge in [-0.2, -0.15) is 10.2 Å². The Morgan fingerprint density at radius 1 is 0.615 bits per heavy atom. The molecule has 0 amide bonds. The fourth-order valence-electron chi connectivity index (χ4n) is 2.95. The molecule has 0 saturated carbocycles. The monoisotopic (exact) mass is 350 g/mol. The van der Waals surface area contributed by atoms with E-state index in [0.29, 0.717) is 0 Å². The maximum Gasteiger partial charge on any atom is 0.0712 e. The Bertz CT molecular complexity index is 668. The molecule has 0 saturated heterocycles. The third-order valence-corrected chi connectivity index (χ3v) is 4.37. The second kappa shape index (κ2) is 9.18. The zero-order valence-corrected chi connectivity index (χ0v) is 16.7. The quantitative estimate of drug-likeness (QED) is 0.554. The van der Waals surface area contributed by atoms with E-state index >= 15 is 0 Å². The maximum atomic E-state index is 4.80. The fourth-order valence-corrected chi connectivity index (χ4v) is 2.95. The molecule has 0 fully saturated rings. The van der Waals surface area contributed by atoms with Gasteiger partial charge < -0.3 is 10.0 Å². The number of hydrogen-bond donors (Lipinski definition) is 0. The van der Waals surface area contributed by atoms with Crippen LogP contribution in [0, 0.1) is 11.8 Å². The van der Waals surface area contributed by atoms with Crippen molar-refractivity contribution in [2.75, 3.05) is 28.2 Å². The lowest BCUT2D eigenvalue weighted by Crippen LogP contribution is -2.29. The summed E-state index contributed by atoms with van der Waals surface area (Å²) in [6.45, 7) is 4.46. The predicted octanol–water partition coefficient (Wildman–Crippen LogP) is 4.19. The van der Waals surface area contributed by atoms with Crippen molar-refractivity contribution in [2.45, 2.75) is 13.8 Å². The smallest absolute Gasteiger partial charge is 0.0712 e. The lowest BCUT2D eigenvalue weighted by Gasteiger charge is -2.26. The highest BCUT2D eigenvalue weighted by Crippen LogP contribution is 2.23. The van der Waals surface area contributed by atoms with Gasteiger partial charge in [0.25, 0.3) is 0 Å². The van der Waals surface area contributed by atoms with Crippen molar-refractivity contribution in [2.24, 2.45) is 22.0 Å². The normalized spacial score (nSPS) is 14.7. The first-order valence-corrected chi connectivity index (χ1v) is 9.02. The van der Waals surface area contributed by atoms with Gasteiger partial charge in [-0.1, -0.05) is 74.5 Å². The molecular formula is C22H30N4. The Hall–Kier alpha value is -2.62. The number of rotatable bonds is 7. The molecule has 0 heterocycles. The topological polar surface area (TPSA) is 31.2 Å². The van der Waals surface area contributed by atoms with Crippen molar-refractivity contribution >= 4 is 11.4 Å². The van der Waals surface area contributed by atoms with E-state index in [4.69, 9.17) is 10.2 Å². The van der Waals surface area contributed by atoms with Gasteiger partial charge in [0.15, 0.2) is 0 Å². The minimum atomic E-state index is 0.207. The number of hydrogen-bond acceptors (Lipinski definition) is 4. The minimum absolute atomic E-state index is 0.207. The number of nitrogens with zero attached hydrogens (tertiary/aromatic N) is 4. The summed E-state index contributed by atoms with van der Waals surface area (Å²) in [4.78, 5) is 0. The summed E-state index contributed by atoms with van der Waals surface area (Å²) in [5.74, 6) is 0.414.